The molecule has 0 aliphatic rings. The molecule has 3 nitrogen and oxygen atoms in total. The number of aromatic nitrogens is 2. The van der Waals surface area contributed by atoms with E-state index >= 15 is 0 Å². The van der Waals surface area contributed by atoms with E-state index in [0.717, 1.165) is 22.5 Å². The molecule has 0 saturated heterocycles. The fourth-order valence-corrected chi connectivity index (χ4v) is 2.38. The second-order valence-electron chi connectivity index (χ2n) is 4.86. The zero-order valence-corrected chi connectivity index (χ0v) is 11.6. The van der Waals surface area contributed by atoms with Crippen LogP contribution < -0.4 is 0 Å². The number of aliphatic hydroxyl groups excluding tert-OH is 1. The number of rotatable bonds is 4. The van der Waals surface area contributed by atoms with Crippen molar-refractivity contribution in [1.82, 2.24) is 9.97 Å². The monoisotopic (exact) mass is 276 g/mol. The Balaban J connectivity index is 2.07. The average molecular weight is 276 g/mol. The molecule has 104 valence electrons. The Labute approximate surface area is 124 Å². The first-order chi connectivity index (χ1) is 10.4. The van der Waals surface area contributed by atoms with Gasteiger partial charge in [-0.15, -0.1) is 0 Å². The summed E-state index contributed by atoms with van der Waals surface area (Å²) in [4.78, 5) is 8.86. The fraction of sp³-hybridized carbons (Fsp3) is 0.111. The zero-order valence-electron chi connectivity index (χ0n) is 11.6. The summed E-state index contributed by atoms with van der Waals surface area (Å²) < 4.78 is 0. The molecule has 2 aromatic carbocycles. The molecule has 3 heteroatoms. The van der Waals surface area contributed by atoms with Gasteiger partial charge in [0.1, 0.15) is 5.82 Å². The van der Waals surface area contributed by atoms with Gasteiger partial charge in [-0.3, -0.25) is 0 Å². The SMILES string of the molecule is OCc1cnc(C(c2ccccc2)c2ccccc2)nc1. The van der Waals surface area contributed by atoms with Gasteiger partial charge in [0.05, 0.1) is 12.5 Å². The summed E-state index contributed by atoms with van der Waals surface area (Å²) in [5.74, 6) is 0.741. The Kier molecular flexibility index (Phi) is 4.03. The van der Waals surface area contributed by atoms with Crippen molar-refractivity contribution < 1.29 is 5.11 Å². The largest absolute Gasteiger partial charge is 0.392 e. The van der Waals surface area contributed by atoms with Crippen LogP contribution in [0.5, 0.6) is 0 Å². The van der Waals surface area contributed by atoms with E-state index in [1.807, 2.05) is 36.4 Å². The maximum atomic E-state index is 9.12. The molecule has 1 aromatic heterocycles. The minimum absolute atomic E-state index is 0.000132. The maximum Gasteiger partial charge on any atom is 0.140 e. The van der Waals surface area contributed by atoms with Gasteiger partial charge in [-0.25, -0.2) is 9.97 Å². The van der Waals surface area contributed by atoms with Gasteiger partial charge >= 0.3 is 0 Å². The Hall–Kier alpha value is -2.52. The lowest BCUT2D eigenvalue weighted by Gasteiger charge is -2.16. The quantitative estimate of drug-likeness (QED) is 0.796. The van der Waals surface area contributed by atoms with Crippen LogP contribution >= 0.6 is 0 Å². The second kappa shape index (κ2) is 6.29. The van der Waals surface area contributed by atoms with Crippen LogP contribution in [0.15, 0.2) is 73.1 Å². The summed E-state index contributed by atoms with van der Waals surface area (Å²) >= 11 is 0. The van der Waals surface area contributed by atoms with E-state index in [2.05, 4.69) is 34.2 Å². The molecule has 0 radical (unpaired) electrons. The number of benzene rings is 2. The molecule has 0 aliphatic carbocycles. The van der Waals surface area contributed by atoms with Crippen LogP contribution in [-0.2, 0) is 6.61 Å². The Morgan fingerprint density at radius 1 is 0.762 bits per heavy atom. The van der Waals surface area contributed by atoms with Gasteiger partial charge in [-0.2, -0.15) is 0 Å². The Bertz CT molecular complexity index is 642. The Morgan fingerprint density at radius 2 is 1.24 bits per heavy atom. The maximum absolute atomic E-state index is 9.12. The summed E-state index contributed by atoms with van der Waals surface area (Å²) in [6.07, 6.45) is 3.36. The van der Waals surface area contributed by atoms with Gasteiger partial charge in [0.2, 0.25) is 0 Å². The summed E-state index contributed by atoms with van der Waals surface area (Å²) in [5.41, 5.74) is 3.03. The van der Waals surface area contributed by atoms with Crippen molar-refractivity contribution in [2.24, 2.45) is 0 Å². The van der Waals surface area contributed by atoms with Crippen molar-refractivity contribution in [3.05, 3.63) is 95.6 Å². The predicted octanol–water partition coefficient (Wildman–Crippen LogP) is 3.15. The van der Waals surface area contributed by atoms with Gasteiger partial charge in [0, 0.05) is 18.0 Å². The van der Waals surface area contributed by atoms with Crippen molar-refractivity contribution in [2.75, 3.05) is 0 Å². The molecule has 1 heterocycles. The highest BCUT2D eigenvalue weighted by Crippen LogP contribution is 2.29. The van der Waals surface area contributed by atoms with Crippen LogP contribution in [0, 0.1) is 0 Å². The zero-order chi connectivity index (χ0) is 14.5. The molecule has 0 atom stereocenters. The average Bonchev–Trinajstić information content (AvgIpc) is 2.58. The van der Waals surface area contributed by atoms with E-state index in [1.165, 1.54) is 0 Å². The summed E-state index contributed by atoms with van der Waals surface area (Å²) in [6.45, 7) is -0.0401. The van der Waals surface area contributed by atoms with Crippen molar-refractivity contribution in [1.29, 1.82) is 0 Å². The molecule has 21 heavy (non-hydrogen) atoms. The first-order valence-corrected chi connectivity index (χ1v) is 6.90. The summed E-state index contributed by atoms with van der Waals surface area (Å²) in [7, 11) is 0. The molecule has 0 unspecified atom stereocenters. The molecule has 1 N–H and O–H groups in total. The minimum Gasteiger partial charge on any atom is -0.392 e. The fourth-order valence-electron chi connectivity index (χ4n) is 2.38. The van der Waals surface area contributed by atoms with Crippen molar-refractivity contribution in [2.45, 2.75) is 12.5 Å². The first-order valence-electron chi connectivity index (χ1n) is 6.90. The van der Waals surface area contributed by atoms with Crippen LogP contribution in [0.2, 0.25) is 0 Å². The molecule has 0 bridgehead atoms. The van der Waals surface area contributed by atoms with Gasteiger partial charge in [-0.1, -0.05) is 60.7 Å². The molecule has 3 aromatic rings. The van der Waals surface area contributed by atoms with Crippen molar-refractivity contribution in [3.8, 4) is 0 Å². The highest BCUT2D eigenvalue weighted by molar-refractivity contribution is 5.38. The normalized spacial score (nSPS) is 10.8. The third-order valence-electron chi connectivity index (χ3n) is 3.43. The van der Waals surface area contributed by atoms with E-state index in [-0.39, 0.29) is 12.5 Å². The van der Waals surface area contributed by atoms with E-state index in [4.69, 9.17) is 5.11 Å². The second-order valence-corrected chi connectivity index (χ2v) is 4.86. The third-order valence-corrected chi connectivity index (χ3v) is 3.43. The van der Waals surface area contributed by atoms with Crippen molar-refractivity contribution in [3.63, 3.8) is 0 Å². The van der Waals surface area contributed by atoms with Crippen LogP contribution in [0.25, 0.3) is 0 Å². The molecule has 0 spiro atoms. The van der Waals surface area contributed by atoms with E-state index < -0.39 is 0 Å². The predicted molar refractivity (Wildman–Crippen MR) is 81.8 cm³/mol. The number of nitrogens with zero attached hydrogens (tertiary/aromatic N) is 2. The van der Waals surface area contributed by atoms with E-state index in [1.54, 1.807) is 12.4 Å². The van der Waals surface area contributed by atoms with E-state index in [0.29, 0.717) is 0 Å². The summed E-state index contributed by atoms with van der Waals surface area (Å²) in [5, 5.41) is 9.12. The lowest BCUT2D eigenvalue weighted by Crippen LogP contribution is -2.08. The van der Waals surface area contributed by atoms with Crippen LogP contribution in [-0.4, -0.2) is 15.1 Å². The summed E-state index contributed by atoms with van der Waals surface area (Å²) in [6, 6.07) is 20.4. The van der Waals surface area contributed by atoms with Crippen molar-refractivity contribution >= 4 is 0 Å². The standard InChI is InChI=1S/C18H16N2O/c21-13-14-11-19-18(20-12-14)17(15-7-3-1-4-8-15)16-9-5-2-6-10-16/h1-12,17,21H,13H2. The van der Waals surface area contributed by atoms with Gasteiger partial charge in [0.15, 0.2) is 0 Å². The highest BCUT2D eigenvalue weighted by Gasteiger charge is 2.18. The molecular weight excluding hydrogens is 260 g/mol. The Morgan fingerprint density at radius 3 is 1.67 bits per heavy atom. The van der Waals surface area contributed by atoms with Gasteiger partial charge < -0.3 is 5.11 Å². The minimum atomic E-state index is -0.0401. The number of aliphatic hydroxyl groups is 1. The lowest BCUT2D eigenvalue weighted by molar-refractivity contribution is 0.280. The topological polar surface area (TPSA) is 46.0 Å². The van der Waals surface area contributed by atoms with Crippen LogP contribution in [0.4, 0.5) is 0 Å². The molecular formula is C18H16N2O. The molecule has 0 aliphatic heterocycles. The lowest BCUT2D eigenvalue weighted by atomic mass is 9.90. The van der Waals surface area contributed by atoms with E-state index in [9.17, 15) is 0 Å². The molecule has 0 fully saturated rings. The first kappa shape index (κ1) is 13.5. The van der Waals surface area contributed by atoms with Gasteiger partial charge in [0.25, 0.3) is 0 Å². The molecule has 0 amide bonds. The molecule has 0 saturated carbocycles. The van der Waals surface area contributed by atoms with Crippen LogP contribution in [0.3, 0.4) is 0 Å². The van der Waals surface area contributed by atoms with Crippen LogP contribution in [0.1, 0.15) is 28.4 Å². The highest BCUT2D eigenvalue weighted by atomic mass is 16.3. The van der Waals surface area contributed by atoms with Gasteiger partial charge in [-0.05, 0) is 11.1 Å². The third kappa shape index (κ3) is 2.98. The smallest absolute Gasteiger partial charge is 0.140 e. The molecule has 3 rings (SSSR count). The number of hydrogen-bond acceptors (Lipinski definition) is 3. The number of hydrogen-bond donors (Lipinski definition) is 1.